The average molecular weight is 594 g/mol. The molecule has 45 heavy (non-hydrogen) atoms. The number of para-hydroxylation sites is 1. The van der Waals surface area contributed by atoms with Crippen LogP contribution < -0.4 is 30.8 Å². The van der Waals surface area contributed by atoms with E-state index in [2.05, 4.69) is 144 Å². The molecule has 8 aromatic rings. The molecule has 0 saturated heterocycles. The van der Waals surface area contributed by atoms with Crippen molar-refractivity contribution in [2.45, 2.75) is 0 Å². The third-order valence-corrected chi connectivity index (χ3v) is 10.3. The van der Waals surface area contributed by atoms with Gasteiger partial charge in [-0.1, -0.05) is 91.0 Å². The maximum Gasteiger partial charge on any atom is 0.260 e. The lowest BCUT2D eigenvalue weighted by molar-refractivity contribution is 0.465. The van der Waals surface area contributed by atoms with E-state index in [9.17, 15) is 0 Å². The zero-order valence-corrected chi connectivity index (χ0v) is 24.9. The Bertz CT molecular complexity index is 2460. The van der Waals surface area contributed by atoms with E-state index in [-0.39, 0.29) is 6.71 Å². The van der Waals surface area contributed by atoms with Gasteiger partial charge in [0.2, 0.25) is 0 Å². The lowest BCUT2D eigenvalue weighted by Gasteiger charge is -2.34. The molecular formula is C40H24BNO2S. The van der Waals surface area contributed by atoms with E-state index in [1.165, 1.54) is 36.4 Å². The van der Waals surface area contributed by atoms with Gasteiger partial charge in [0.1, 0.15) is 23.0 Å². The first kappa shape index (κ1) is 24.9. The first-order valence-electron chi connectivity index (χ1n) is 15.2. The third-order valence-electron chi connectivity index (χ3n) is 9.16. The van der Waals surface area contributed by atoms with Crippen LogP contribution in [0.4, 0.5) is 17.1 Å². The number of nitrogens with zero attached hydrogens (tertiary/aromatic N) is 1. The van der Waals surface area contributed by atoms with Crippen molar-refractivity contribution < 1.29 is 9.47 Å². The Balaban J connectivity index is 1.19. The van der Waals surface area contributed by atoms with Crippen molar-refractivity contribution in [3.63, 3.8) is 0 Å². The van der Waals surface area contributed by atoms with Crippen LogP contribution in [0.2, 0.25) is 0 Å². The highest BCUT2D eigenvalue weighted by Crippen LogP contribution is 2.43. The molecule has 210 valence electrons. The van der Waals surface area contributed by atoms with Crippen LogP contribution >= 0.6 is 11.3 Å². The largest absolute Gasteiger partial charge is 0.458 e. The number of hydrogen-bond donors (Lipinski definition) is 0. The highest BCUT2D eigenvalue weighted by atomic mass is 32.1. The molecule has 0 unspecified atom stereocenters. The minimum absolute atomic E-state index is 0.00328. The molecule has 0 aliphatic carbocycles. The van der Waals surface area contributed by atoms with Gasteiger partial charge in [-0.2, -0.15) is 0 Å². The van der Waals surface area contributed by atoms with Gasteiger partial charge in [0.15, 0.2) is 0 Å². The molecule has 0 fully saturated rings. The SMILES string of the molecule is c1ccc(N(c2ccc3c(c2)Oc2cccc4c2B3c2cc3c(cc2O4)sc2ccccc23)c2cccc3ccccc23)cc1. The molecule has 0 radical (unpaired) electrons. The Morgan fingerprint density at radius 2 is 1.18 bits per heavy atom. The van der Waals surface area contributed by atoms with Crippen LogP contribution in [-0.2, 0) is 0 Å². The summed E-state index contributed by atoms with van der Waals surface area (Å²) >= 11 is 1.82. The van der Waals surface area contributed by atoms with Crippen LogP contribution in [0.5, 0.6) is 23.0 Å². The predicted octanol–water partition coefficient (Wildman–Crippen LogP) is 9.41. The molecule has 0 atom stereocenters. The zero-order chi connectivity index (χ0) is 29.5. The molecule has 2 aliphatic rings. The zero-order valence-electron chi connectivity index (χ0n) is 24.1. The van der Waals surface area contributed by atoms with Crippen molar-refractivity contribution in [1.82, 2.24) is 0 Å². The number of fused-ring (bicyclic) bond motifs is 8. The fraction of sp³-hybridized carbons (Fsp3) is 0. The van der Waals surface area contributed by atoms with E-state index in [1.807, 2.05) is 17.4 Å². The van der Waals surface area contributed by atoms with E-state index in [1.54, 1.807) is 0 Å². The van der Waals surface area contributed by atoms with Gasteiger partial charge in [0, 0.05) is 48.5 Å². The van der Waals surface area contributed by atoms with Crippen LogP contribution in [0.15, 0.2) is 146 Å². The van der Waals surface area contributed by atoms with Crippen molar-refractivity contribution in [2.24, 2.45) is 0 Å². The molecule has 0 amide bonds. The van der Waals surface area contributed by atoms with Gasteiger partial charge < -0.3 is 14.4 Å². The molecule has 3 heterocycles. The van der Waals surface area contributed by atoms with Gasteiger partial charge in [0.05, 0.1) is 5.69 Å². The van der Waals surface area contributed by atoms with Crippen molar-refractivity contribution >= 4 is 82.4 Å². The average Bonchev–Trinajstić information content (AvgIpc) is 3.45. The molecule has 3 nitrogen and oxygen atoms in total. The minimum atomic E-state index is 0.00328. The number of benzene rings is 7. The van der Waals surface area contributed by atoms with Crippen molar-refractivity contribution in [1.29, 1.82) is 0 Å². The fourth-order valence-corrected chi connectivity index (χ4v) is 8.30. The topological polar surface area (TPSA) is 21.7 Å². The van der Waals surface area contributed by atoms with Crippen LogP contribution in [0.3, 0.4) is 0 Å². The highest BCUT2D eigenvalue weighted by molar-refractivity contribution is 7.25. The quantitative estimate of drug-likeness (QED) is 0.191. The van der Waals surface area contributed by atoms with Crippen LogP contribution in [0, 0.1) is 0 Å². The second-order valence-corrected chi connectivity index (χ2v) is 12.8. The number of ether oxygens (including phenoxy) is 2. The molecule has 0 N–H and O–H groups in total. The third kappa shape index (κ3) is 3.71. The summed E-state index contributed by atoms with van der Waals surface area (Å²) in [6.45, 7) is 0.00328. The smallest absolute Gasteiger partial charge is 0.260 e. The van der Waals surface area contributed by atoms with Gasteiger partial charge in [0.25, 0.3) is 6.71 Å². The molecule has 7 aromatic carbocycles. The molecule has 1 aromatic heterocycles. The Morgan fingerprint density at radius 3 is 2.04 bits per heavy atom. The summed E-state index contributed by atoms with van der Waals surface area (Å²) in [6.07, 6.45) is 0. The van der Waals surface area contributed by atoms with Gasteiger partial charge in [-0.05, 0) is 64.8 Å². The molecular weight excluding hydrogens is 569 g/mol. The second-order valence-electron chi connectivity index (χ2n) is 11.7. The van der Waals surface area contributed by atoms with Gasteiger partial charge >= 0.3 is 0 Å². The van der Waals surface area contributed by atoms with E-state index < -0.39 is 0 Å². The number of hydrogen-bond acceptors (Lipinski definition) is 4. The first-order chi connectivity index (χ1) is 22.3. The molecule has 5 heteroatoms. The fourth-order valence-electron chi connectivity index (χ4n) is 7.18. The Hall–Kier alpha value is -5.52. The van der Waals surface area contributed by atoms with Crippen molar-refractivity contribution in [2.75, 3.05) is 4.90 Å². The van der Waals surface area contributed by atoms with Gasteiger partial charge in [-0.15, -0.1) is 11.3 Å². The molecule has 0 saturated carbocycles. The second kappa shape index (κ2) is 9.49. The van der Waals surface area contributed by atoms with E-state index in [0.29, 0.717) is 0 Å². The lowest BCUT2D eigenvalue weighted by atomic mass is 9.35. The summed E-state index contributed by atoms with van der Waals surface area (Å²) in [6, 6.07) is 51.7. The standard InChI is InChI=1S/C40H24BNO2S/c1-2-12-26(13-3-1)42(33-16-8-11-25-10-4-5-14-28(25)33)27-20-21-31-36(22-27)43-34-17-9-18-35-40(34)41(31)32-23-30-29-15-6-7-19-38(29)45-39(30)24-37(32)44-35/h1-24H. The van der Waals surface area contributed by atoms with E-state index >= 15 is 0 Å². The molecule has 10 rings (SSSR count). The minimum Gasteiger partial charge on any atom is -0.458 e. The van der Waals surface area contributed by atoms with Gasteiger partial charge in [-0.25, -0.2) is 0 Å². The first-order valence-corrected chi connectivity index (χ1v) is 16.0. The summed E-state index contributed by atoms with van der Waals surface area (Å²) in [7, 11) is 0. The van der Waals surface area contributed by atoms with E-state index in [0.717, 1.165) is 51.0 Å². The van der Waals surface area contributed by atoms with Gasteiger partial charge in [-0.3, -0.25) is 0 Å². The Morgan fingerprint density at radius 1 is 0.467 bits per heavy atom. The molecule has 0 bridgehead atoms. The number of anilines is 3. The highest BCUT2D eigenvalue weighted by Gasteiger charge is 2.40. The number of rotatable bonds is 3. The Kier molecular flexibility index (Phi) is 5.25. The number of thiophene rings is 1. The van der Waals surface area contributed by atoms with Crippen molar-refractivity contribution in [3.8, 4) is 23.0 Å². The Labute approximate surface area is 264 Å². The van der Waals surface area contributed by atoms with Crippen LogP contribution in [-0.4, -0.2) is 6.71 Å². The maximum atomic E-state index is 6.73. The van der Waals surface area contributed by atoms with Crippen LogP contribution in [0.25, 0.3) is 30.9 Å². The summed E-state index contributed by atoms with van der Waals surface area (Å²) in [5.41, 5.74) is 6.68. The van der Waals surface area contributed by atoms with Crippen molar-refractivity contribution in [3.05, 3.63) is 146 Å². The van der Waals surface area contributed by atoms with Crippen LogP contribution in [0.1, 0.15) is 0 Å². The summed E-state index contributed by atoms with van der Waals surface area (Å²) in [5.74, 6) is 3.50. The molecule has 0 spiro atoms. The lowest BCUT2D eigenvalue weighted by Crippen LogP contribution is -2.57. The normalized spacial score (nSPS) is 12.8. The monoisotopic (exact) mass is 593 g/mol. The summed E-state index contributed by atoms with van der Waals surface area (Å²) in [4.78, 5) is 2.33. The maximum absolute atomic E-state index is 6.73. The van der Waals surface area contributed by atoms with E-state index in [4.69, 9.17) is 9.47 Å². The molecule has 2 aliphatic heterocycles. The predicted molar refractivity (Wildman–Crippen MR) is 189 cm³/mol. The summed E-state index contributed by atoms with van der Waals surface area (Å²) in [5, 5.41) is 4.96. The summed E-state index contributed by atoms with van der Waals surface area (Å²) < 4.78 is 15.8.